The van der Waals surface area contributed by atoms with Gasteiger partial charge in [0.05, 0.1) is 16.3 Å². The van der Waals surface area contributed by atoms with Crippen molar-refractivity contribution in [3.05, 3.63) is 41.2 Å². The van der Waals surface area contributed by atoms with Crippen LogP contribution in [0.2, 0.25) is 5.02 Å². The van der Waals surface area contributed by atoms with Gasteiger partial charge in [-0.15, -0.1) is 0 Å². The first-order valence-corrected chi connectivity index (χ1v) is 7.43. The smallest absolute Gasteiger partial charge is 0.357 e. The fourth-order valence-electron chi connectivity index (χ4n) is 2.07. The quantitative estimate of drug-likeness (QED) is 0.850. The van der Waals surface area contributed by atoms with Crippen LogP contribution in [0, 0.1) is 0 Å². The second-order valence-corrected chi connectivity index (χ2v) is 5.16. The summed E-state index contributed by atoms with van der Waals surface area (Å²) in [6, 6.07) is 4.78. The van der Waals surface area contributed by atoms with Crippen LogP contribution in [0.25, 0.3) is 0 Å². The van der Waals surface area contributed by atoms with E-state index < -0.39 is 11.7 Å². The summed E-state index contributed by atoms with van der Waals surface area (Å²) in [5.74, 6) is 1.07. The van der Waals surface area contributed by atoms with Crippen molar-refractivity contribution in [2.75, 3.05) is 23.3 Å². The second kappa shape index (κ2) is 7.04. The molecule has 1 aromatic heterocycles. The molecule has 0 radical (unpaired) electrons. The lowest BCUT2D eigenvalue weighted by molar-refractivity contribution is -0.137. The van der Waals surface area contributed by atoms with E-state index in [0.717, 1.165) is 25.2 Å². The molecule has 2 rings (SSSR count). The molecule has 0 saturated heterocycles. The molecule has 8 heteroatoms. The van der Waals surface area contributed by atoms with Crippen molar-refractivity contribution >= 4 is 28.9 Å². The van der Waals surface area contributed by atoms with Crippen LogP contribution in [0.3, 0.4) is 0 Å². The maximum Gasteiger partial charge on any atom is 0.416 e. The lowest BCUT2D eigenvalue weighted by atomic mass is 10.2. The molecule has 2 aromatic rings. The molecule has 0 atom stereocenters. The third-order valence-electron chi connectivity index (χ3n) is 3.30. The van der Waals surface area contributed by atoms with Crippen molar-refractivity contribution in [2.24, 2.45) is 0 Å². The van der Waals surface area contributed by atoms with Crippen LogP contribution in [0.5, 0.6) is 0 Å². The molecule has 0 fully saturated rings. The van der Waals surface area contributed by atoms with Crippen molar-refractivity contribution in [3.8, 4) is 0 Å². The zero-order chi connectivity index (χ0) is 17.0. The summed E-state index contributed by atoms with van der Waals surface area (Å²) in [5, 5.41) is 3.00. The van der Waals surface area contributed by atoms with Gasteiger partial charge in [-0.2, -0.15) is 13.2 Å². The predicted molar refractivity (Wildman–Crippen MR) is 85.3 cm³/mol. The highest BCUT2D eigenvalue weighted by Gasteiger charge is 2.31. The van der Waals surface area contributed by atoms with Gasteiger partial charge in [-0.25, -0.2) is 9.97 Å². The van der Waals surface area contributed by atoms with Gasteiger partial charge < -0.3 is 10.2 Å². The van der Waals surface area contributed by atoms with Gasteiger partial charge in [0.1, 0.15) is 18.0 Å². The van der Waals surface area contributed by atoms with Crippen molar-refractivity contribution < 1.29 is 13.2 Å². The molecule has 0 spiro atoms. The van der Waals surface area contributed by atoms with Crippen molar-refractivity contribution in [1.29, 1.82) is 0 Å². The molecule has 0 aliphatic rings. The highest BCUT2D eigenvalue weighted by atomic mass is 35.5. The van der Waals surface area contributed by atoms with Gasteiger partial charge in [0.15, 0.2) is 0 Å². The van der Waals surface area contributed by atoms with Gasteiger partial charge >= 0.3 is 6.18 Å². The SMILES string of the molecule is CCN(CC)c1cc(Nc2cc(C(F)(F)F)ccc2Cl)ncn1. The van der Waals surface area contributed by atoms with E-state index in [2.05, 4.69) is 15.3 Å². The number of halogens is 4. The van der Waals surface area contributed by atoms with E-state index in [4.69, 9.17) is 11.6 Å². The minimum atomic E-state index is -4.43. The van der Waals surface area contributed by atoms with Crippen LogP contribution in [-0.2, 0) is 6.18 Å². The van der Waals surface area contributed by atoms with E-state index in [1.54, 1.807) is 6.07 Å². The summed E-state index contributed by atoms with van der Waals surface area (Å²) in [4.78, 5) is 10.2. The number of hydrogen-bond acceptors (Lipinski definition) is 4. The summed E-state index contributed by atoms with van der Waals surface area (Å²) in [6.45, 7) is 5.50. The van der Waals surface area contributed by atoms with E-state index in [-0.39, 0.29) is 10.7 Å². The maximum atomic E-state index is 12.8. The molecule has 0 unspecified atom stereocenters. The largest absolute Gasteiger partial charge is 0.416 e. The molecule has 1 N–H and O–H groups in total. The third kappa shape index (κ3) is 4.25. The molecule has 0 aliphatic heterocycles. The average molecular weight is 345 g/mol. The van der Waals surface area contributed by atoms with Gasteiger partial charge in [-0.05, 0) is 32.0 Å². The Balaban J connectivity index is 2.31. The van der Waals surface area contributed by atoms with E-state index in [0.29, 0.717) is 11.6 Å². The normalized spacial score (nSPS) is 11.4. The molecule has 124 valence electrons. The molecule has 0 amide bonds. The average Bonchev–Trinajstić information content (AvgIpc) is 2.50. The summed E-state index contributed by atoms with van der Waals surface area (Å²) in [6.07, 6.45) is -3.07. The number of nitrogens with zero attached hydrogens (tertiary/aromatic N) is 3. The van der Waals surface area contributed by atoms with Gasteiger partial charge in [0.2, 0.25) is 0 Å². The van der Waals surface area contributed by atoms with E-state index >= 15 is 0 Å². The van der Waals surface area contributed by atoms with Crippen LogP contribution >= 0.6 is 11.6 Å². The molecule has 0 bridgehead atoms. The Morgan fingerprint density at radius 3 is 2.43 bits per heavy atom. The molecule has 4 nitrogen and oxygen atoms in total. The molecule has 23 heavy (non-hydrogen) atoms. The van der Waals surface area contributed by atoms with Gasteiger partial charge in [0.25, 0.3) is 0 Å². The first-order chi connectivity index (χ1) is 10.8. The topological polar surface area (TPSA) is 41.0 Å². The number of rotatable bonds is 5. The van der Waals surface area contributed by atoms with E-state index in [9.17, 15) is 13.2 Å². The van der Waals surface area contributed by atoms with Crippen LogP contribution in [0.15, 0.2) is 30.6 Å². The zero-order valence-electron chi connectivity index (χ0n) is 12.7. The van der Waals surface area contributed by atoms with Crippen molar-refractivity contribution in [2.45, 2.75) is 20.0 Å². The Hall–Kier alpha value is -2.02. The highest BCUT2D eigenvalue weighted by Crippen LogP contribution is 2.34. The lowest BCUT2D eigenvalue weighted by Gasteiger charge is -2.20. The first kappa shape index (κ1) is 17.3. The van der Waals surface area contributed by atoms with Crippen molar-refractivity contribution in [3.63, 3.8) is 0 Å². The molecule has 0 aliphatic carbocycles. The number of hydrogen-bond donors (Lipinski definition) is 1. The minimum Gasteiger partial charge on any atom is -0.357 e. The molecule has 1 heterocycles. The van der Waals surface area contributed by atoms with Crippen LogP contribution in [-0.4, -0.2) is 23.1 Å². The number of aromatic nitrogens is 2. The summed E-state index contributed by atoms with van der Waals surface area (Å²) in [5.41, 5.74) is -0.631. The van der Waals surface area contributed by atoms with Crippen LogP contribution in [0.4, 0.5) is 30.5 Å². The third-order valence-corrected chi connectivity index (χ3v) is 3.63. The second-order valence-electron chi connectivity index (χ2n) is 4.75. The van der Waals surface area contributed by atoms with Gasteiger partial charge in [0, 0.05) is 19.2 Å². The summed E-state index contributed by atoms with van der Waals surface area (Å²) < 4.78 is 38.4. The molecular formula is C15H16ClF3N4. The molecular weight excluding hydrogens is 329 g/mol. The number of anilines is 3. The lowest BCUT2D eigenvalue weighted by Crippen LogP contribution is -2.23. The Bertz CT molecular complexity index is 672. The van der Waals surface area contributed by atoms with Gasteiger partial charge in [-0.1, -0.05) is 11.6 Å². The van der Waals surface area contributed by atoms with Crippen molar-refractivity contribution in [1.82, 2.24) is 9.97 Å². The molecule has 1 aromatic carbocycles. The highest BCUT2D eigenvalue weighted by molar-refractivity contribution is 6.33. The monoisotopic (exact) mass is 344 g/mol. The Morgan fingerprint density at radius 1 is 1.13 bits per heavy atom. The Kier molecular flexibility index (Phi) is 5.30. The summed E-state index contributed by atoms with van der Waals surface area (Å²) in [7, 11) is 0. The summed E-state index contributed by atoms with van der Waals surface area (Å²) >= 11 is 5.97. The number of nitrogens with one attached hydrogen (secondary N) is 1. The van der Waals surface area contributed by atoms with Crippen LogP contribution < -0.4 is 10.2 Å². The predicted octanol–water partition coefficient (Wildman–Crippen LogP) is 4.74. The maximum absolute atomic E-state index is 12.8. The van der Waals surface area contributed by atoms with Crippen LogP contribution in [0.1, 0.15) is 19.4 Å². The first-order valence-electron chi connectivity index (χ1n) is 7.06. The van der Waals surface area contributed by atoms with E-state index in [1.165, 1.54) is 12.4 Å². The zero-order valence-corrected chi connectivity index (χ0v) is 13.4. The fraction of sp³-hybridized carbons (Fsp3) is 0.333. The van der Waals surface area contributed by atoms with Gasteiger partial charge in [-0.3, -0.25) is 0 Å². The number of benzene rings is 1. The van der Waals surface area contributed by atoms with E-state index in [1.807, 2.05) is 18.7 Å². The fourth-order valence-corrected chi connectivity index (χ4v) is 2.24. The minimum absolute atomic E-state index is 0.144. The molecule has 0 saturated carbocycles. The Morgan fingerprint density at radius 2 is 1.83 bits per heavy atom. The number of alkyl halides is 3. The standard InChI is InChI=1S/C15H16ClF3N4/c1-3-23(4-2)14-8-13(20-9-21-14)22-12-7-10(15(17,18)19)5-6-11(12)16/h5-9H,3-4H2,1-2H3,(H,20,21,22). The Labute approximate surface area is 137 Å².